The van der Waals surface area contributed by atoms with Crippen LogP contribution >= 0.6 is 0 Å². The van der Waals surface area contributed by atoms with Gasteiger partial charge in [0, 0.05) is 11.3 Å². The summed E-state index contributed by atoms with van der Waals surface area (Å²) in [5, 5.41) is 10.4. The summed E-state index contributed by atoms with van der Waals surface area (Å²) in [6.07, 6.45) is 0.0388. The van der Waals surface area contributed by atoms with Gasteiger partial charge in [0.15, 0.2) is 0 Å². The first-order valence-corrected chi connectivity index (χ1v) is 6.79. The van der Waals surface area contributed by atoms with E-state index >= 15 is 0 Å². The Hall–Kier alpha value is -1.87. The summed E-state index contributed by atoms with van der Waals surface area (Å²) in [5.74, 6) is 0.146. The molecule has 2 rings (SSSR count). The number of aliphatic hydroxyl groups is 1. The lowest BCUT2D eigenvalue weighted by Crippen LogP contribution is -2.05. The highest BCUT2D eigenvalue weighted by molar-refractivity contribution is 5.50. The second-order valence-corrected chi connectivity index (χ2v) is 5.52. The van der Waals surface area contributed by atoms with E-state index in [1.807, 2.05) is 24.3 Å². The molecule has 0 saturated heterocycles. The molecule has 0 fully saturated rings. The van der Waals surface area contributed by atoms with E-state index < -0.39 is 11.9 Å². The van der Waals surface area contributed by atoms with E-state index in [9.17, 15) is 9.50 Å². The molecule has 0 radical (unpaired) electrons. The molecule has 0 aromatic heterocycles. The first kappa shape index (κ1) is 14.5. The zero-order valence-corrected chi connectivity index (χ0v) is 11.8. The molecule has 3 heteroatoms. The number of rotatable bonds is 4. The molecule has 0 bridgehead atoms. The third kappa shape index (κ3) is 3.36. The smallest absolute Gasteiger partial charge is 0.123 e. The van der Waals surface area contributed by atoms with E-state index in [1.54, 1.807) is 0 Å². The van der Waals surface area contributed by atoms with Crippen molar-refractivity contribution in [1.29, 1.82) is 0 Å². The minimum atomic E-state index is -0.905. The normalized spacial score (nSPS) is 12.7. The Morgan fingerprint density at radius 2 is 1.90 bits per heavy atom. The fourth-order valence-electron chi connectivity index (χ4n) is 2.32. The van der Waals surface area contributed by atoms with E-state index in [0.717, 1.165) is 17.5 Å². The van der Waals surface area contributed by atoms with Gasteiger partial charge in [-0.1, -0.05) is 38.1 Å². The van der Waals surface area contributed by atoms with Crippen LogP contribution < -0.4 is 5.73 Å². The molecule has 2 nitrogen and oxygen atoms in total. The van der Waals surface area contributed by atoms with Crippen LogP contribution in [-0.4, -0.2) is 5.11 Å². The van der Waals surface area contributed by atoms with Crippen molar-refractivity contribution >= 4 is 5.69 Å². The van der Waals surface area contributed by atoms with Crippen LogP contribution in [0, 0.1) is 11.7 Å². The van der Waals surface area contributed by atoms with Gasteiger partial charge >= 0.3 is 0 Å². The van der Waals surface area contributed by atoms with Crippen LogP contribution in [0.25, 0.3) is 0 Å². The van der Waals surface area contributed by atoms with Crippen molar-refractivity contribution in [2.75, 3.05) is 5.73 Å². The molecule has 0 aliphatic heterocycles. The summed E-state index contributed by atoms with van der Waals surface area (Å²) in [6.45, 7) is 4.29. The van der Waals surface area contributed by atoms with Gasteiger partial charge in [-0.25, -0.2) is 4.39 Å². The van der Waals surface area contributed by atoms with Crippen LogP contribution in [0.3, 0.4) is 0 Å². The van der Waals surface area contributed by atoms with Crippen molar-refractivity contribution in [3.05, 3.63) is 65.0 Å². The van der Waals surface area contributed by atoms with Crippen LogP contribution in [0.2, 0.25) is 0 Å². The fourth-order valence-corrected chi connectivity index (χ4v) is 2.32. The molecule has 1 atom stereocenters. The largest absolute Gasteiger partial charge is 0.398 e. The Balaban J connectivity index is 2.33. The number of anilines is 1. The zero-order valence-electron chi connectivity index (χ0n) is 11.8. The zero-order chi connectivity index (χ0) is 14.7. The number of halogens is 1. The average Bonchev–Trinajstić information content (AvgIpc) is 2.40. The summed E-state index contributed by atoms with van der Waals surface area (Å²) in [7, 11) is 0. The molecule has 0 spiro atoms. The molecule has 106 valence electrons. The van der Waals surface area contributed by atoms with Crippen molar-refractivity contribution in [3.8, 4) is 0 Å². The summed E-state index contributed by atoms with van der Waals surface area (Å²) in [6, 6.07) is 11.8. The van der Waals surface area contributed by atoms with E-state index in [1.165, 1.54) is 18.2 Å². The van der Waals surface area contributed by atoms with Gasteiger partial charge in [-0.2, -0.15) is 0 Å². The number of hydrogen-bond acceptors (Lipinski definition) is 2. The van der Waals surface area contributed by atoms with Crippen molar-refractivity contribution in [2.24, 2.45) is 5.92 Å². The summed E-state index contributed by atoms with van der Waals surface area (Å²) in [5.41, 5.74) is 8.52. The number of nitrogens with two attached hydrogens (primary N) is 1. The van der Waals surface area contributed by atoms with Crippen molar-refractivity contribution in [1.82, 2.24) is 0 Å². The molecular weight excluding hydrogens is 253 g/mol. The van der Waals surface area contributed by atoms with Gasteiger partial charge in [0.05, 0.1) is 0 Å². The summed E-state index contributed by atoms with van der Waals surface area (Å²) >= 11 is 0. The molecule has 1 unspecified atom stereocenters. The predicted octanol–water partition coefficient (Wildman–Crippen LogP) is 3.69. The first-order valence-electron chi connectivity index (χ1n) is 6.79. The fraction of sp³-hybridized carbons (Fsp3) is 0.294. The van der Waals surface area contributed by atoms with Gasteiger partial charge in [-0.3, -0.25) is 0 Å². The van der Waals surface area contributed by atoms with Gasteiger partial charge in [-0.05, 0) is 41.7 Å². The van der Waals surface area contributed by atoms with Gasteiger partial charge in [0.25, 0.3) is 0 Å². The Kier molecular flexibility index (Phi) is 4.40. The number of nitrogen functional groups attached to an aromatic ring is 1. The third-order valence-electron chi connectivity index (χ3n) is 3.25. The minimum absolute atomic E-state index is 0.396. The van der Waals surface area contributed by atoms with E-state index in [4.69, 9.17) is 5.73 Å². The maximum absolute atomic E-state index is 13.3. The SMILES string of the molecule is CC(C)Cc1cccc(C(O)c2cc(F)ccc2N)c1. The quantitative estimate of drug-likeness (QED) is 0.835. The number of hydrogen-bond donors (Lipinski definition) is 2. The van der Waals surface area contributed by atoms with Crippen molar-refractivity contribution in [2.45, 2.75) is 26.4 Å². The van der Waals surface area contributed by atoms with E-state index in [0.29, 0.717) is 17.2 Å². The maximum Gasteiger partial charge on any atom is 0.123 e. The van der Waals surface area contributed by atoms with Gasteiger partial charge in [0.1, 0.15) is 11.9 Å². The first-order chi connectivity index (χ1) is 9.47. The molecule has 0 aliphatic carbocycles. The van der Waals surface area contributed by atoms with E-state index in [2.05, 4.69) is 13.8 Å². The van der Waals surface area contributed by atoms with Crippen LogP contribution in [0.1, 0.15) is 36.6 Å². The Labute approximate surface area is 119 Å². The molecule has 0 saturated carbocycles. The Morgan fingerprint density at radius 1 is 1.15 bits per heavy atom. The molecule has 2 aromatic rings. The maximum atomic E-state index is 13.3. The van der Waals surface area contributed by atoms with Crippen LogP contribution in [0.15, 0.2) is 42.5 Å². The summed E-state index contributed by atoms with van der Waals surface area (Å²) < 4.78 is 13.3. The second-order valence-electron chi connectivity index (χ2n) is 5.52. The molecule has 0 heterocycles. The molecule has 20 heavy (non-hydrogen) atoms. The average molecular weight is 273 g/mol. The van der Waals surface area contributed by atoms with Gasteiger partial charge in [0.2, 0.25) is 0 Å². The third-order valence-corrected chi connectivity index (χ3v) is 3.25. The monoisotopic (exact) mass is 273 g/mol. The molecule has 2 aromatic carbocycles. The lowest BCUT2D eigenvalue weighted by atomic mass is 9.95. The van der Waals surface area contributed by atoms with Gasteiger partial charge in [-0.15, -0.1) is 0 Å². The standard InChI is InChI=1S/C17H20FNO/c1-11(2)8-12-4-3-5-13(9-12)17(20)15-10-14(18)6-7-16(15)19/h3-7,9-11,17,20H,8,19H2,1-2H3. The lowest BCUT2D eigenvalue weighted by molar-refractivity contribution is 0.220. The second kappa shape index (κ2) is 6.06. The van der Waals surface area contributed by atoms with Crippen LogP contribution in [0.4, 0.5) is 10.1 Å². The topological polar surface area (TPSA) is 46.2 Å². The lowest BCUT2D eigenvalue weighted by Gasteiger charge is -2.15. The highest BCUT2D eigenvalue weighted by Crippen LogP contribution is 2.28. The molecular formula is C17H20FNO. The van der Waals surface area contributed by atoms with Crippen LogP contribution in [-0.2, 0) is 6.42 Å². The highest BCUT2D eigenvalue weighted by atomic mass is 19.1. The predicted molar refractivity (Wildman–Crippen MR) is 79.9 cm³/mol. The van der Waals surface area contributed by atoms with Crippen LogP contribution in [0.5, 0.6) is 0 Å². The molecule has 0 amide bonds. The summed E-state index contributed by atoms with van der Waals surface area (Å²) in [4.78, 5) is 0. The van der Waals surface area contributed by atoms with Crippen molar-refractivity contribution < 1.29 is 9.50 Å². The molecule has 3 N–H and O–H groups in total. The van der Waals surface area contributed by atoms with Gasteiger partial charge < -0.3 is 10.8 Å². The minimum Gasteiger partial charge on any atom is -0.398 e. The van der Waals surface area contributed by atoms with Crippen molar-refractivity contribution in [3.63, 3.8) is 0 Å². The number of benzene rings is 2. The van der Waals surface area contributed by atoms with E-state index in [-0.39, 0.29) is 0 Å². The Bertz CT molecular complexity index is 595. The highest BCUT2D eigenvalue weighted by Gasteiger charge is 2.15. The Morgan fingerprint density at radius 3 is 2.60 bits per heavy atom. The molecule has 0 aliphatic rings. The number of aliphatic hydroxyl groups excluding tert-OH is 1.